The summed E-state index contributed by atoms with van der Waals surface area (Å²) in [6.07, 6.45) is 3.78. The molecule has 1 fully saturated rings. The second-order valence-electron chi connectivity index (χ2n) is 5.01. The SMILES string of the molecule is CSC(C)C(=O)N1CCN(c2nc3cccnc3s2)CC1. The lowest BCUT2D eigenvalue weighted by molar-refractivity contribution is -0.130. The predicted octanol–water partition coefficient (Wildman–Crippen LogP) is 2.09. The van der Waals surface area contributed by atoms with Gasteiger partial charge in [-0.3, -0.25) is 4.79 Å². The van der Waals surface area contributed by atoms with E-state index in [1.165, 1.54) is 0 Å². The van der Waals surface area contributed by atoms with Gasteiger partial charge in [-0.25, -0.2) is 9.97 Å². The number of nitrogens with zero attached hydrogens (tertiary/aromatic N) is 4. The van der Waals surface area contributed by atoms with Gasteiger partial charge in [0.2, 0.25) is 5.91 Å². The van der Waals surface area contributed by atoms with Crippen LogP contribution in [0.15, 0.2) is 18.3 Å². The molecule has 2 aromatic heterocycles. The summed E-state index contributed by atoms with van der Waals surface area (Å²) in [7, 11) is 0. The number of fused-ring (bicyclic) bond motifs is 1. The topological polar surface area (TPSA) is 49.3 Å². The molecular weight excluding hydrogens is 304 g/mol. The Morgan fingerprint density at radius 2 is 2.14 bits per heavy atom. The van der Waals surface area contributed by atoms with Gasteiger partial charge in [0.05, 0.1) is 5.25 Å². The molecule has 0 aromatic carbocycles. The molecule has 1 aliphatic heterocycles. The zero-order chi connectivity index (χ0) is 14.8. The van der Waals surface area contributed by atoms with E-state index in [1.54, 1.807) is 29.3 Å². The second kappa shape index (κ2) is 6.19. The number of rotatable bonds is 3. The number of pyridine rings is 1. The second-order valence-corrected chi connectivity index (χ2v) is 7.15. The summed E-state index contributed by atoms with van der Waals surface area (Å²) in [5, 5.41) is 1.05. The van der Waals surface area contributed by atoms with Crippen LogP contribution in [0.4, 0.5) is 5.13 Å². The van der Waals surface area contributed by atoms with Crippen LogP contribution in [0.2, 0.25) is 0 Å². The van der Waals surface area contributed by atoms with Gasteiger partial charge in [0.15, 0.2) is 5.13 Å². The van der Waals surface area contributed by atoms with E-state index >= 15 is 0 Å². The lowest BCUT2D eigenvalue weighted by atomic mass is 10.3. The molecule has 2 aromatic rings. The fraction of sp³-hybridized carbons (Fsp3) is 0.500. The first kappa shape index (κ1) is 14.6. The highest BCUT2D eigenvalue weighted by Crippen LogP contribution is 2.27. The minimum atomic E-state index is 0.0446. The lowest BCUT2D eigenvalue weighted by Crippen LogP contribution is -2.50. The molecule has 0 saturated carbocycles. The van der Waals surface area contributed by atoms with Crippen molar-refractivity contribution >= 4 is 44.5 Å². The number of hydrogen-bond acceptors (Lipinski definition) is 6. The van der Waals surface area contributed by atoms with Gasteiger partial charge in [0, 0.05) is 32.4 Å². The first-order valence-corrected chi connectivity index (χ1v) is 9.07. The van der Waals surface area contributed by atoms with E-state index < -0.39 is 0 Å². The normalized spacial score (nSPS) is 17.2. The summed E-state index contributed by atoms with van der Waals surface area (Å²) < 4.78 is 0. The number of piperazine rings is 1. The number of thioether (sulfide) groups is 1. The average molecular weight is 322 g/mol. The third-order valence-electron chi connectivity index (χ3n) is 3.72. The van der Waals surface area contributed by atoms with Crippen molar-refractivity contribution in [1.82, 2.24) is 14.9 Å². The largest absolute Gasteiger partial charge is 0.344 e. The Balaban J connectivity index is 1.67. The van der Waals surface area contributed by atoms with Crippen molar-refractivity contribution in [3.8, 4) is 0 Å². The maximum absolute atomic E-state index is 12.2. The third kappa shape index (κ3) is 2.98. The van der Waals surface area contributed by atoms with Crippen LogP contribution in [0.3, 0.4) is 0 Å². The Labute approximate surface area is 132 Å². The highest BCUT2D eigenvalue weighted by atomic mass is 32.2. The number of hydrogen-bond donors (Lipinski definition) is 0. The van der Waals surface area contributed by atoms with Gasteiger partial charge >= 0.3 is 0 Å². The molecular formula is C14H18N4OS2. The van der Waals surface area contributed by atoms with E-state index in [0.29, 0.717) is 0 Å². The van der Waals surface area contributed by atoms with Gasteiger partial charge in [0.1, 0.15) is 10.3 Å². The van der Waals surface area contributed by atoms with Crippen molar-refractivity contribution in [2.75, 3.05) is 37.3 Å². The molecule has 1 atom stereocenters. The fourth-order valence-corrected chi connectivity index (χ4v) is 3.68. The molecule has 0 bridgehead atoms. The van der Waals surface area contributed by atoms with Crippen LogP contribution < -0.4 is 4.90 Å². The summed E-state index contributed by atoms with van der Waals surface area (Å²) in [4.78, 5) is 26.3. The Hall–Kier alpha value is -1.34. The van der Waals surface area contributed by atoms with Crippen molar-refractivity contribution in [1.29, 1.82) is 0 Å². The van der Waals surface area contributed by atoms with Crippen LogP contribution >= 0.6 is 23.1 Å². The van der Waals surface area contributed by atoms with Crippen molar-refractivity contribution < 1.29 is 4.79 Å². The minimum Gasteiger partial charge on any atom is -0.344 e. The smallest absolute Gasteiger partial charge is 0.235 e. The number of carbonyl (C=O) groups is 1. The molecule has 21 heavy (non-hydrogen) atoms. The summed E-state index contributed by atoms with van der Waals surface area (Å²) in [5.41, 5.74) is 0.951. The highest BCUT2D eigenvalue weighted by Gasteiger charge is 2.25. The van der Waals surface area contributed by atoms with E-state index in [0.717, 1.165) is 41.7 Å². The van der Waals surface area contributed by atoms with Crippen LogP contribution in [-0.2, 0) is 4.79 Å². The van der Waals surface area contributed by atoms with E-state index in [1.807, 2.05) is 30.2 Å². The quantitative estimate of drug-likeness (QED) is 0.866. The van der Waals surface area contributed by atoms with Crippen LogP contribution in [-0.4, -0.2) is 58.5 Å². The number of aromatic nitrogens is 2. The van der Waals surface area contributed by atoms with Gasteiger partial charge in [-0.05, 0) is 25.3 Å². The van der Waals surface area contributed by atoms with Gasteiger partial charge < -0.3 is 9.80 Å². The van der Waals surface area contributed by atoms with Crippen molar-refractivity contribution in [3.63, 3.8) is 0 Å². The standard InChI is InChI=1S/C14H18N4OS2/c1-10(20-2)13(19)17-6-8-18(9-7-17)14-16-11-4-3-5-15-12(11)21-14/h3-5,10H,6-9H2,1-2H3. The molecule has 1 unspecified atom stereocenters. The van der Waals surface area contributed by atoms with E-state index in [9.17, 15) is 4.79 Å². The van der Waals surface area contributed by atoms with Crippen LogP contribution in [0, 0.1) is 0 Å². The maximum Gasteiger partial charge on any atom is 0.235 e. The van der Waals surface area contributed by atoms with Crippen molar-refractivity contribution in [3.05, 3.63) is 18.3 Å². The molecule has 3 rings (SSSR count). The molecule has 1 aliphatic rings. The highest BCUT2D eigenvalue weighted by molar-refractivity contribution is 7.99. The van der Waals surface area contributed by atoms with Crippen molar-refractivity contribution in [2.24, 2.45) is 0 Å². The molecule has 0 aliphatic carbocycles. The van der Waals surface area contributed by atoms with Crippen LogP contribution in [0.25, 0.3) is 10.3 Å². The number of amides is 1. The van der Waals surface area contributed by atoms with Crippen molar-refractivity contribution in [2.45, 2.75) is 12.2 Å². The monoisotopic (exact) mass is 322 g/mol. The minimum absolute atomic E-state index is 0.0446. The van der Waals surface area contributed by atoms with E-state index in [-0.39, 0.29) is 11.2 Å². The molecule has 5 nitrogen and oxygen atoms in total. The molecule has 3 heterocycles. The number of anilines is 1. The zero-order valence-electron chi connectivity index (χ0n) is 12.2. The fourth-order valence-electron chi connectivity index (χ4n) is 2.37. The molecule has 112 valence electrons. The molecule has 1 saturated heterocycles. The van der Waals surface area contributed by atoms with E-state index in [2.05, 4.69) is 14.9 Å². The third-order valence-corrected chi connectivity index (χ3v) is 5.67. The summed E-state index contributed by atoms with van der Waals surface area (Å²) in [6, 6.07) is 3.90. The van der Waals surface area contributed by atoms with Gasteiger partial charge in [-0.15, -0.1) is 0 Å². The lowest BCUT2D eigenvalue weighted by Gasteiger charge is -2.35. The predicted molar refractivity (Wildman–Crippen MR) is 89.2 cm³/mol. The molecule has 7 heteroatoms. The first-order valence-electron chi connectivity index (χ1n) is 6.97. The van der Waals surface area contributed by atoms with Crippen LogP contribution in [0.1, 0.15) is 6.92 Å². The summed E-state index contributed by atoms with van der Waals surface area (Å²) in [6.45, 7) is 5.19. The van der Waals surface area contributed by atoms with Gasteiger partial charge in [0.25, 0.3) is 0 Å². The Bertz CT molecular complexity index is 604. The molecule has 0 radical (unpaired) electrons. The first-order chi connectivity index (χ1) is 10.2. The van der Waals surface area contributed by atoms with E-state index in [4.69, 9.17) is 0 Å². The van der Waals surface area contributed by atoms with Crippen LogP contribution in [0.5, 0.6) is 0 Å². The average Bonchev–Trinajstić information content (AvgIpc) is 2.97. The Morgan fingerprint density at radius 3 is 2.81 bits per heavy atom. The number of carbonyl (C=O) groups excluding carboxylic acids is 1. The summed E-state index contributed by atoms with van der Waals surface area (Å²) in [5.74, 6) is 0.244. The van der Waals surface area contributed by atoms with Gasteiger partial charge in [-0.2, -0.15) is 11.8 Å². The molecule has 1 amide bonds. The Morgan fingerprint density at radius 1 is 1.38 bits per heavy atom. The van der Waals surface area contributed by atoms with Gasteiger partial charge in [-0.1, -0.05) is 11.3 Å². The number of thiazole rings is 1. The molecule has 0 spiro atoms. The maximum atomic E-state index is 12.2. The zero-order valence-corrected chi connectivity index (χ0v) is 13.8. The Kier molecular flexibility index (Phi) is 4.30. The molecule has 0 N–H and O–H groups in total. The summed E-state index contributed by atoms with van der Waals surface area (Å²) >= 11 is 3.22.